The Kier molecular flexibility index (Phi) is 3.57. The van der Waals surface area contributed by atoms with Gasteiger partial charge in [-0.15, -0.1) is 0 Å². The summed E-state index contributed by atoms with van der Waals surface area (Å²) in [4.78, 5) is 24.2. The smallest absolute Gasteiger partial charge is 0.372 e. The molecule has 24 heavy (non-hydrogen) atoms. The number of aromatic carboxylic acids is 1. The van der Waals surface area contributed by atoms with Crippen LogP contribution >= 0.6 is 0 Å². The molecule has 0 saturated carbocycles. The average molecular weight is 316 g/mol. The molecule has 0 aliphatic rings. The van der Waals surface area contributed by atoms with Crippen LogP contribution in [0.25, 0.3) is 11.0 Å². The summed E-state index contributed by atoms with van der Waals surface area (Å²) in [6.07, 6.45) is 0. The molecule has 0 fully saturated rings. The predicted molar refractivity (Wildman–Crippen MR) is 82.5 cm³/mol. The van der Waals surface area contributed by atoms with Gasteiger partial charge in [-0.05, 0) is 6.07 Å². The fourth-order valence-corrected chi connectivity index (χ4v) is 2.44. The minimum atomic E-state index is -1.40. The molecule has 6 nitrogen and oxygen atoms in total. The third kappa shape index (κ3) is 2.29. The SMILES string of the molecule is N#Cc1cc2oc(C(=O)O)c(C(=O)c3ccccc3)c2cc1C#N. The summed E-state index contributed by atoms with van der Waals surface area (Å²) < 4.78 is 5.26. The fourth-order valence-electron chi connectivity index (χ4n) is 2.44. The minimum absolute atomic E-state index is 0.0462. The predicted octanol–water partition coefficient (Wildman–Crippen LogP) is 3.11. The Balaban J connectivity index is 2.35. The molecule has 6 heteroatoms. The van der Waals surface area contributed by atoms with Crippen LogP contribution in [-0.4, -0.2) is 16.9 Å². The highest BCUT2D eigenvalue weighted by Crippen LogP contribution is 2.30. The molecular weight excluding hydrogens is 308 g/mol. The summed E-state index contributed by atoms with van der Waals surface area (Å²) in [5.41, 5.74) is 0.330. The van der Waals surface area contributed by atoms with Crippen LogP contribution in [0.4, 0.5) is 0 Å². The monoisotopic (exact) mass is 316 g/mol. The Labute approximate surface area is 135 Å². The molecular formula is C18H8N2O4. The Hall–Kier alpha value is -3.90. The second-order valence-electron chi connectivity index (χ2n) is 4.92. The highest BCUT2D eigenvalue weighted by molar-refractivity contribution is 6.20. The molecule has 1 N–H and O–H groups in total. The van der Waals surface area contributed by atoms with E-state index >= 15 is 0 Å². The fraction of sp³-hybridized carbons (Fsp3) is 0. The van der Waals surface area contributed by atoms with E-state index in [0.29, 0.717) is 5.56 Å². The van der Waals surface area contributed by atoms with Crippen LogP contribution in [0.2, 0.25) is 0 Å². The first-order valence-corrected chi connectivity index (χ1v) is 6.80. The van der Waals surface area contributed by atoms with Crippen molar-refractivity contribution in [2.75, 3.05) is 0 Å². The summed E-state index contributed by atoms with van der Waals surface area (Å²) in [7, 11) is 0. The molecule has 1 aromatic heterocycles. The van der Waals surface area contributed by atoms with Gasteiger partial charge in [0.15, 0.2) is 5.78 Å². The molecule has 2 aromatic carbocycles. The average Bonchev–Trinajstić information content (AvgIpc) is 2.99. The van der Waals surface area contributed by atoms with Gasteiger partial charge in [0.1, 0.15) is 17.7 Å². The Morgan fingerprint density at radius 2 is 1.62 bits per heavy atom. The third-order valence-electron chi connectivity index (χ3n) is 3.53. The molecule has 1 heterocycles. The van der Waals surface area contributed by atoms with E-state index in [1.54, 1.807) is 30.3 Å². The molecule has 0 spiro atoms. The topological polar surface area (TPSA) is 115 Å². The van der Waals surface area contributed by atoms with Crippen molar-refractivity contribution in [2.45, 2.75) is 0 Å². The van der Waals surface area contributed by atoms with Gasteiger partial charge in [-0.1, -0.05) is 30.3 Å². The van der Waals surface area contributed by atoms with Crippen molar-refractivity contribution in [3.05, 3.63) is 70.5 Å². The van der Waals surface area contributed by atoms with Gasteiger partial charge < -0.3 is 9.52 Å². The molecule has 0 amide bonds. The highest BCUT2D eigenvalue weighted by atomic mass is 16.4. The summed E-state index contributed by atoms with van der Waals surface area (Å²) in [5.74, 6) is -2.44. The summed E-state index contributed by atoms with van der Waals surface area (Å²) in [6.45, 7) is 0. The molecule has 3 rings (SSSR count). The van der Waals surface area contributed by atoms with Crippen LogP contribution in [0.15, 0.2) is 46.9 Å². The summed E-state index contributed by atoms with van der Waals surface area (Å²) in [6, 6.07) is 14.4. The Bertz CT molecular complexity index is 1070. The number of carbonyl (C=O) groups excluding carboxylic acids is 1. The Morgan fingerprint density at radius 1 is 1.00 bits per heavy atom. The first-order chi connectivity index (χ1) is 11.6. The van der Waals surface area contributed by atoms with Gasteiger partial charge in [-0.25, -0.2) is 4.79 Å². The molecule has 0 saturated heterocycles. The van der Waals surface area contributed by atoms with Crippen molar-refractivity contribution < 1.29 is 19.1 Å². The lowest BCUT2D eigenvalue weighted by Crippen LogP contribution is -2.07. The lowest BCUT2D eigenvalue weighted by molar-refractivity contribution is 0.0660. The number of rotatable bonds is 3. The van der Waals surface area contributed by atoms with Crippen molar-refractivity contribution >= 4 is 22.7 Å². The van der Waals surface area contributed by atoms with E-state index in [1.165, 1.54) is 12.1 Å². The van der Waals surface area contributed by atoms with Gasteiger partial charge in [-0.3, -0.25) is 4.79 Å². The highest BCUT2D eigenvalue weighted by Gasteiger charge is 2.27. The molecule has 0 aliphatic carbocycles. The summed E-state index contributed by atoms with van der Waals surface area (Å²) in [5, 5.41) is 27.7. The van der Waals surface area contributed by atoms with E-state index < -0.39 is 17.5 Å². The maximum absolute atomic E-state index is 12.7. The number of carbonyl (C=O) groups is 2. The lowest BCUT2D eigenvalue weighted by Gasteiger charge is -2.01. The maximum atomic E-state index is 12.7. The number of benzene rings is 2. The summed E-state index contributed by atoms with van der Waals surface area (Å²) >= 11 is 0. The van der Waals surface area contributed by atoms with Gasteiger partial charge in [0.2, 0.25) is 5.76 Å². The first kappa shape index (κ1) is 15.0. The molecule has 0 aliphatic heterocycles. The Morgan fingerprint density at radius 3 is 2.21 bits per heavy atom. The number of hydrogen-bond donors (Lipinski definition) is 1. The van der Waals surface area contributed by atoms with Gasteiger partial charge in [0.05, 0.1) is 16.7 Å². The van der Waals surface area contributed by atoms with Crippen LogP contribution in [0, 0.1) is 22.7 Å². The van der Waals surface area contributed by atoms with Crippen LogP contribution in [0.1, 0.15) is 37.6 Å². The molecule has 0 atom stereocenters. The van der Waals surface area contributed by atoms with Crippen LogP contribution in [-0.2, 0) is 0 Å². The zero-order valence-corrected chi connectivity index (χ0v) is 12.1. The van der Waals surface area contributed by atoms with Crippen LogP contribution < -0.4 is 0 Å². The van der Waals surface area contributed by atoms with E-state index in [9.17, 15) is 14.7 Å². The quantitative estimate of drug-likeness (QED) is 0.742. The number of fused-ring (bicyclic) bond motifs is 1. The standard InChI is InChI=1S/C18H8N2O4/c19-8-11-6-13-14(7-12(11)9-20)24-17(18(22)23)15(13)16(21)10-4-2-1-3-5-10/h1-7H,(H,22,23). The number of nitrogens with zero attached hydrogens (tertiary/aromatic N) is 2. The minimum Gasteiger partial charge on any atom is -0.475 e. The van der Waals surface area contributed by atoms with E-state index in [-0.39, 0.29) is 27.7 Å². The molecule has 114 valence electrons. The van der Waals surface area contributed by atoms with E-state index in [1.807, 2.05) is 12.1 Å². The number of nitriles is 2. The van der Waals surface area contributed by atoms with E-state index in [0.717, 1.165) is 0 Å². The largest absolute Gasteiger partial charge is 0.475 e. The molecule has 0 radical (unpaired) electrons. The maximum Gasteiger partial charge on any atom is 0.372 e. The number of carboxylic acids is 1. The first-order valence-electron chi connectivity index (χ1n) is 6.80. The van der Waals surface area contributed by atoms with Crippen LogP contribution in [0.3, 0.4) is 0 Å². The van der Waals surface area contributed by atoms with E-state index in [2.05, 4.69) is 0 Å². The number of ketones is 1. The van der Waals surface area contributed by atoms with Gasteiger partial charge >= 0.3 is 5.97 Å². The van der Waals surface area contributed by atoms with E-state index in [4.69, 9.17) is 14.9 Å². The van der Waals surface area contributed by atoms with Gasteiger partial charge in [-0.2, -0.15) is 10.5 Å². The zero-order valence-electron chi connectivity index (χ0n) is 12.1. The van der Waals surface area contributed by atoms with Gasteiger partial charge in [0, 0.05) is 17.0 Å². The molecule has 0 bridgehead atoms. The second kappa shape index (κ2) is 5.71. The van der Waals surface area contributed by atoms with Crippen LogP contribution in [0.5, 0.6) is 0 Å². The second-order valence-corrected chi connectivity index (χ2v) is 4.92. The van der Waals surface area contributed by atoms with Gasteiger partial charge in [0.25, 0.3) is 0 Å². The molecule has 0 unspecified atom stereocenters. The zero-order chi connectivity index (χ0) is 17.3. The van der Waals surface area contributed by atoms with Crippen molar-refractivity contribution in [3.63, 3.8) is 0 Å². The van der Waals surface area contributed by atoms with Crippen molar-refractivity contribution in [3.8, 4) is 12.1 Å². The van der Waals surface area contributed by atoms with Crippen molar-refractivity contribution in [1.29, 1.82) is 10.5 Å². The third-order valence-corrected chi connectivity index (χ3v) is 3.53. The number of furan rings is 1. The molecule has 3 aromatic rings. The number of hydrogen-bond acceptors (Lipinski definition) is 5. The number of carboxylic acid groups (broad SMARTS) is 1. The van der Waals surface area contributed by atoms with Crippen molar-refractivity contribution in [1.82, 2.24) is 0 Å². The normalized spacial score (nSPS) is 10.1. The lowest BCUT2D eigenvalue weighted by atomic mass is 9.98. The van der Waals surface area contributed by atoms with Crippen molar-refractivity contribution in [2.24, 2.45) is 0 Å².